The number of hydrogen-bond donors (Lipinski definition) is 10. The average molecular weight is 561 g/mol. The van der Waals surface area contributed by atoms with Crippen LogP contribution in [-0.4, -0.2) is 93.7 Å². The zero-order valence-electron chi connectivity index (χ0n) is 20.8. The third kappa shape index (κ3) is 13.9. The van der Waals surface area contributed by atoms with Gasteiger partial charge in [0.1, 0.15) is 24.2 Å². The fourth-order valence-corrected chi connectivity index (χ4v) is 2.85. The number of hydrogen-bond acceptors (Lipinski definition) is 10. The lowest BCUT2D eigenvalue weighted by Gasteiger charge is -2.24. The predicted octanol–water partition coefficient (Wildman–Crippen LogP) is -6.15. The largest absolute Gasteiger partial charge is 0.481 e. The second-order valence-corrected chi connectivity index (χ2v) is 8.30. The number of nitrogens with one attached hydrogen (secondary N) is 4. The van der Waals surface area contributed by atoms with Crippen molar-refractivity contribution in [1.82, 2.24) is 21.3 Å². The van der Waals surface area contributed by atoms with Crippen LogP contribution in [0, 0.1) is 0 Å². The minimum Gasteiger partial charge on any atom is -0.481 e. The van der Waals surface area contributed by atoms with E-state index in [1.807, 2.05) is 5.32 Å². The molecule has 0 saturated carbocycles. The van der Waals surface area contributed by atoms with Gasteiger partial charge in [0.05, 0.1) is 25.3 Å². The maximum Gasteiger partial charge on any atom is 0.326 e. The van der Waals surface area contributed by atoms with Crippen LogP contribution in [0.5, 0.6) is 0 Å². The van der Waals surface area contributed by atoms with E-state index in [1.54, 1.807) is 0 Å². The SMILES string of the molecule is C[C@H](NC(=O)[C@H](CC(N)=O)NC(=O)[C@H](CC(N)=O)NC(=O)[C@@H](N)CCC(N)=O)C(=O)N[C@@H](CC(=O)O)C(=O)O. The molecule has 0 heterocycles. The Bertz CT molecular complexity index is 1000. The first-order chi connectivity index (χ1) is 17.9. The Morgan fingerprint density at radius 2 is 1.05 bits per heavy atom. The van der Waals surface area contributed by atoms with E-state index in [0.29, 0.717) is 0 Å². The van der Waals surface area contributed by atoms with E-state index < -0.39 is 103 Å². The number of carbonyl (C=O) groups excluding carboxylic acids is 7. The quantitative estimate of drug-likeness (QED) is 0.0748. The Hall–Kier alpha value is -4.81. The molecule has 0 saturated heterocycles. The van der Waals surface area contributed by atoms with E-state index in [0.717, 1.165) is 6.92 Å². The maximum absolute atomic E-state index is 12.8. The fraction of sp³-hybridized carbons (Fsp3) is 0.550. The van der Waals surface area contributed by atoms with Gasteiger partial charge in [0.15, 0.2) is 0 Å². The second kappa shape index (κ2) is 16.1. The summed E-state index contributed by atoms with van der Waals surface area (Å²) in [5.74, 6) is -10.4. The summed E-state index contributed by atoms with van der Waals surface area (Å²) in [6.45, 7) is 1.10. The molecule has 0 aliphatic carbocycles. The maximum atomic E-state index is 12.8. The molecule has 0 aliphatic heterocycles. The molecule has 19 nitrogen and oxygen atoms in total. The van der Waals surface area contributed by atoms with Crippen LogP contribution in [0.1, 0.15) is 39.0 Å². The topological polar surface area (TPSA) is 346 Å². The molecule has 0 unspecified atom stereocenters. The van der Waals surface area contributed by atoms with Crippen LogP contribution < -0.4 is 44.2 Å². The number of nitrogens with two attached hydrogens (primary N) is 4. The molecule has 5 atom stereocenters. The standard InChI is InChI=1S/C20H32N8O11/c1-7(16(34)28-11(20(38)39)6-15(32)33)25-18(36)9(4-13(23)30)27-19(37)10(5-14(24)31)26-17(35)8(21)2-3-12(22)29/h7-11H,2-6,21H2,1H3,(H2,22,29)(H2,23,30)(H2,24,31)(H,25,36)(H,26,35)(H,27,37)(H,28,34)(H,32,33)(H,38,39)/t7-,8-,9-,10-,11-/m0/s1. The van der Waals surface area contributed by atoms with Crippen molar-refractivity contribution in [3.05, 3.63) is 0 Å². The third-order valence-corrected chi connectivity index (χ3v) is 4.86. The number of carboxylic acid groups (broad SMARTS) is 2. The second-order valence-electron chi connectivity index (χ2n) is 8.30. The summed E-state index contributed by atoms with van der Waals surface area (Å²) in [7, 11) is 0. The summed E-state index contributed by atoms with van der Waals surface area (Å²) in [6.07, 6.45) is -2.96. The Balaban J connectivity index is 5.54. The summed E-state index contributed by atoms with van der Waals surface area (Å²) >= 11 is 0. The number of carbonyl (C=O) groups is 9. The summed E-state index contributed by atoms with van der Waals surface area (Å²) in [5, 5.41) is 26.0. The van der Waals surface area contributed by atoms with Gasteiger partial charge in [-0.3, -0.25) is 38.4 Å². The minimum absolute atomic E-state index is 0.187. The highest BCUT2D eigenvalue weighted by molar-refractivity contribution is 5.98. The summed E-state index contributed by atoms with van der Waals surface area (Å²) in [5.41, 5.74) is 20.8. The van der Waals surface area contributed by atoms with Gasteiger partial charge < -0.3 is 54.4 Å². The van der Waals surface area contributed by atoms with Crippen molar-refractivity contribution in [2.45, 2.75) is 69.2 Å². The van der Waals surface area contributed by atoms with Gasteiger partial charge in [-0.1, -0.05) is 0 Å². The number of amides is 7. The average Bonchev–Trinajstić information content (AvgIpc) is 2.79. The molecule has 0 spiro atoms. The first kappa shape index (κ1) is 34.2. The van der Waals surface area contributed by atoms with E-state index in [2.05, 4.69) is 16.0 Å². The molecule has 0 aromatic rings. The summed E-state index contributed by atoms with van der Waals surface area (Å²) in [6, 6.07) is -8.02. The van der Waals surface area contributed by atoms with E-state index in [9.17, 15) is 43.2 Å². The zero-order valence-corrected chi connectivity index (χ0v) is 20.8. The van der Waals surface area contributed by atoms with Crippen LogP contribution in [0.2, 0.25) is 0 Å². The number of primary amides is 3. The molecule has 0 radical (unpaired) electrons. The molecular formula is C20H32N8O11. The van der Waals surface area contributed by atoms with Crippen LogP contribution in [0.25, 0.3) is 0 Å². The third-order valence-electron chi connectivity index (χ3n) is 4.86. The van der Waals surface area contributed by atoms with Crippen molar-refractivity contribution in [1.29, 1.82) is 0 Å². The van der Waals surface area contributed by atoms with Crippen molar-refractivity contribution in [2.75, 3.05) is 0 Å². The normalized spacial score (nSPS) is 14.3. The van der Waals surface area contributed by atoms with Crippen molar-refractivity contribution in [2.24, 2.45) is 22.9 Å². The highest BCUT2D eigenvalue weighted by Crippen LogP contribution is 2.02. The number of aliphatic carboxylic acids is 2. The van der Waals surface area contributed by atoms with E-state index >= 15 is 0 Å². The lowest BCUT2D eigenvalue weighted by molar-refractivity contribution is -0.147. The lowest BCUT2D eigenvalue weighted by Crippen LogP contribution is -2.59. The van der Waals surface area contributed by atoms with Crippen LogP contribution >= 0.6 is 0 Å². The molecule has 0 aromatic carbocycles. The Kier molecular flexibility index (Phi) is 14.1. The highest BCUT2D eigenvalue weighted by Gasteiger charge is 2.32. The van der Waals surface area contributed by atoms with Crippen molar-refractivity contribution >= 4 is 53.3 Å². The monoisotopic (exact) mass is 560 g/mol. The van der Waals surface area contributed by atoms with Crippen LogP contribution in [0.15, 0.2) is 0 Å². The minimum atomic E-state index is -1.82. The first-order valence-corrected chi connectivity index (χ1v) is 11.2. The van der Waals surface area contributed by atoms with Gasteiger partial charge in [0.25, 0.3) is 0 Å². The lowest BCUT2D eigenvalue weighted by atomic mass is 10.1. The molecule has 19 heteroatoms. The molecule has 0 aliphatic rings. The van der Waals surface area contributed by atoms with E-state index in [-0.39, 0.29) is 12.8 Å². The number of carboxylic acids is 2. The van der Waals surface area contributed by atoms with Gasteiger partial charge in [-0.25, -0.2) is 4.79 Å². The molecule has 0 fully saturated rings. The molecule has 39 heavy (non-hydrogen) atoms. The molecule has 0 rings (SSSR count). The molecule has 0 aromatic heterocycles. The van der Waals surface area contributed by atoms with Gasteiger partial charge in [0, 0.05) is 6.42 Å². The number of rotatable bonds is 18. The Labute approximate surface area is 220 Å². The summed E-state index contributed by atoms with van der Waals surface area (Å²) in [4.78, 5) is 106. The predicted molar refractivity (Wildman–Crippen MR) is 127 cm³/mol. The zero-order chi connectivity index (χ0) is 30.4. The molecule has 7 amide bonds. The molecular weight excluding hydrogens is 528 g/mol. The smallest absolute Gasteiger partial charge is 0.326 e. The van der Waals surface area contributed by atoms with Crippen LogP contribution in [-0.2, 0) is 43.2 Å². The van der Waals surface area contributed by atoms with Gasteiger partial charge >= 0.3 is 11.9 Å². The van der Waals surface area contributed by atoms with Crippen LogP contribution in [0.3, 0.4) is 0 Å². The van der Waals surface area contributed by atoms with Gasteiger partial charge in [-0.2, -0.15) is 0 Å². The molecule has 14 N–H and O–H groups in total. The highest BCUT2D eigenvalue weighted by atomic mass is 16.4. The van der Waals surface area contributed by atoms with Crippen molar-refractivity contribution < 1.29 is 53.4 Å². The first-order valence-electron chi connectivity index (χ1n) is 11.2. The van der Waals surface area contributed by atoms with E-state index in [1.165, 1.54) is 0 Å². The molecule has 0 bridgehead atoms. The van der Waals surface area contributed by atoms with Gasteiger partial charge in [-0.05, 0) is 13.3 Å². The van der Waals surface area contributed by atoms with Crippen molar-refractivity contribution in [3.8, 4) is 0 Å². The summed E-state index contributed by atoms with van der Waals surface area (Å²) < 4.78 is 0. The molecule has 218 valence electrons. The van der Waals surface area contributed by atoms with Gasteiger partial charge in [0.2, 0.25) is 41.4 Å². The van der Waals surface area contributed by atoms with Crippen molar-refractivity contribution in [3.63, 3.8) is 0 Å². The Morgan fingerprint density at radius 3 is 1.46 bits per heavy atom. The van der Waals surface area contributed by atoms with E-state index in [4.69, 9.17) is 33.1 Å². The Morgan fingerprint density at radius 1 is 0.615 bits per heavy atom. The van der Waals surface area contributed by atoms with Gasteiger partial charge in [-0.15, -0.1) is 0 Å². The fourth-order valence-electron chi connectivity index (χ4n) is 2.85. The van der Waals surface area contributed by atoms with Crippen LogP contribution in [0.4, 0.5) is 0 Å².